The number of benzene rings is 1. The number of ether oxygens (including phenoxy) is 1. The van der Waals surface area contributed by atoms with E-state index in [-0.39, 0.29) is 0 Å². The zero-order valence-corrected chi connectivity index (χ0v) is 15.8. The Bertz CT molecular complexity index is 552. The maximum absolute atomic E-state index is 10.4. The maximum atomic E-state index is 10.4. The minimum absolute atomic E-state index is 0.468. The van der Waals surface area contributed by atoms with Gasteiger partial charge >= 0.3 is 6.47 Å². The van der Waals surface area contributed by atoms with E-state index in [4.69, 9.17) is 4.74 Å². The second kappa shape index (κ2) is 7.45. The summed E-state index contributed by atoms with van der Waals surface area (Å²) in [5.41, 5.74) is 0.980. The van der Waals surface area contributed by atoms with Gasteiger partial charge in [-0.05, 0) is 26.3 Å². The molecule has 1 aromatic carbocycles. The van der Waals surface area contributed by atoms with Crippen LogP contribution >= 0.6 is 0 Å². The van der Waals surface area contributed by atoms with Gasteiger partial charge in [-0.15, -0.1) is 0 Å². The zero-order valence-electron chi connectivity index (χ0n) is 14.8. The van der Waals surface area contributed by atoms with E-state index in [2.05, 4.69) is 54.4 Å². The molecule has 1 aromatic rings. The molecule has 125 valence electrons. The lowest BCUT2D eigenvalue weighted by Crippen LogP contribution is -2.45. The summed E-state index contributed by atoms with van der Waals surface area (Å²) in [4.78, 5) is 12.8. The van der Waals surface area contributed by atoms with Crippen LogP contribution in [0.3, 0.4) is 0 Å². The summed E-state index contributed by atoms with van der Waals surface area (Å²) >= 11 is 0. The highest BCUT2D eigenvalue weighted by molar-refractivity contribution is 6.83. The quantitative estimate of drug-likeness (QED) is 0.717. The highest BCUT2D eigenvalue weighted by Crippen LogP contribution is 2.26. The predicted octanol–water partition coefficient (Wildman–Crippen LogP) is 3.51. The van der Waals surface area contributed by atoms with E-state index in [0.29, 0.717) is 0 Å². The first-order valence-corrected chi connectivity index (χ1v) is 11.5. The predicted molar refractivity (Wildman–Crippen MR) is 97.6 cm³/mol. The molecule has 0 saturated carbocycles. The van der Waals surface area contributed by atoms with E-state index in [9.17, 15) is 4.79 Å². The zero-order chi connectivity index (χ0) is 16.9. The van der Waals surface area contributed by atoms with Crippen molar-refractivity contribution in [1.82, 2.24) is 4.90 Å². The number of hydrogen-bond acceptors (Lipinski definition) is 3. The number of rotatable bonds is 7. The molecule has 0 atom stereocenters. The lowest BCUT2D eigenvalue weighted by molar-refractivity contribution is 0.0481. The van der Waals surface area contributed by atoms with E-state index >= 15 is 0 Å². The van der Waals surface area contributed by atoms with Crippen molar-refractivity contribution in [2.45, 2.75) is 45.0 Å². The molecule has 0 saturated heterocycles. The van der Waals surface area contributed by atoms with Crippen LogP contribution in [-0.4, -0.2) is 44.7 Å². The summed E-state index contributed by atoms with van der Waals surface area (Å²) in [7, 11) is -1.41. The minimum atomic E-state index is -1.41. The van der Waals surface area contributed by atoms with Gasteiger partial charge in [0.25, 0.3) is 0 Å². The number of nitrogens with zero attached hydrogens (tertiary/aromatic N) is 1. The normalized spacial score (nSPS) is 16.8. The van der Waals surface area contributed by atoms with Gasteiger partial charge in [-0.2, -0.15) is 0 Å². The van der Waals surface area contributed by atoms with Crippen LogP contribution in [0, 0.1) is 0 Å². The third-order valence-corrected chi connectivity index (χ3v) is 8.06. The van der Waals surface area contributed by atoms with Gasteiger partial charge in [0.15, 0.2) is 0 Å². The fourth-order valence-corrected chi connectivity index (χ4v) is 6.29. The summed E-state index contributed by atoms with van der Waals surface area (Å²) in [6, 6.07) is 12.0. The molecule has 1 heterocycles. The molecule has 0 bridgehead atoms. The van der Waals surface area contributed by atoms with Gasteiger partial charge in [0.2, 0.25) is 0 Å². The third-order valence-electron chi connectivity index (χ3n) is 4.57. The van der Waals surface area contributed by atoms with E-state index in [1.54, 1.807) is 11.7 Å². The molecule has 3 nitrogen and oxygen atoms in total. The van der Waals surface area contributed by atoms with Gasteiger partial charge in [0.05, 0.1) is 8.07 Å². The standard InChI is InChI=1S/C19H28NO2Si/c1-19(2,22-16-21)15-20-12-10-18(11-13-20)23(3,4)14-17-8-6-5-7-9-17/h5-10H,11-15H2,1-4H3. The van der Waals surface area contributed by atoms with Crippen LogP contribution in [0.15, 0.2) is 41.6 Å². The van der Waals surface area contributed by atoms with Gasteiger partial charge in [0, 0.05) is 19.6 Å². The Balaban J connectivity index is 1.96. The van der Waals surface area contributed by atoms with Crippen LogP contribution in [0.5, 0.6) is 0 Å². The Morgan fingerprint density at radius 2 is 1.96 bits per heavy atom. The lowest BCUT2D eigenvalue weighted by atomic mass is 10.1. The fourth-order valence-electron chi connectivity index (χ4n) is 3.37. The molecular weight excluding hydrogens is 302 g/mol. The van der Waals surface area contributed by atoms with Gasteiger partial charge in [-0.3, -0.25) is 4.90 Å². The summed E-state index contributed by atoms with van der Waals surface area (Å²) < 4.78 is 5.05. The molecule has 0 aliphatic carbocycles. The van der Waals surface area contributed by atoms with Crippen LogP contribution < -0.4 is 0 Å². The first kappa shape index (κ1) is 18.0. The van der Waals surface area contributed by atoms with Crippen LogP contribution in [0.25, 0.3) is 0 Å². The van der Waals surface area contributed by atoms with Crippen LogP contribution in [0.1, 0.15) is 25.8 Å². The first-order valence-electron chi connectivity index (χ1n) is 8.33. The molecule has 0 unspecified atom stereocenters. The van der Waals surface area contributed by atoms with Crippen LogP contribution in [-0.2, 0) is 15.6 Å². The van der Waals surface area contributed by atoms with Gasteiger partial charge in [-0.1, -0.05) is 60.3 Å². The van der Waals surface area contributed by atoms with Crippen molar-refractivity contribution in [2.24, 2.45) is 0 Å². The fraction of sp³-hybridized carbons (Fsp3) is 0.526. The molecular formula is C19H28NO2Si. The van der Waals surface area contributed by atoms with Crippen molar-refractivity contribution in [3.8, 4) is 0 Å². The van der Waals surface area contributed by atoms with Crippen molar-refractivity contribution in [2.75, 3.05) is 19.6 Å². The molecule has 4 heteroatoms. The molecule has 1 radical (unpaired) electrons. The minimum Gasteiger partial charge on any atom is -0.450 e. The van der Waals surface area contributed by atoms with Crippen molar-refractivity contribution in [3.05, 3.63) is 47.2 Å². The second-order valence-corrected chi connectivity index (χ2v) is 12.5. The van der Waals surface area contributed by atoms with Crippen molar-refractivity contribution < 1.29 is 9.53 Å². The van der Waals surface area contributed by atoms with Gasteiger partial charge in [0.1, 0.15) is 5.60 Å². The van der Waals surface area contributed by atoms with Gasteiger partial charge in [-0.25, -0.2) is 4.79 Å². The van der Waals surface area contributed by atoms with Crippen molar-refractivity contribution in [1.29, 1.82) is 0 Å². The summed E-state index contributed by atoms with van der Waals surface area (Å²) in [6.07, 6.45) is 3.55. The van der Waals surface area contributed by atoms with Crippen molar-refractivity contribution in [3.63, 3.8) is 0 Å². The third kappa shape index (κ3) is 5.32. The van der Waals surface area contributed by atoms with E-state index in [0.717, 1.165) is 26.1 Å². The summed E-state index contributed by atoms with van der Waals surface area (Å²) in [6.45, 7) is 13.1. The smallest absolute Gasteiger partial charge is 0.418 e. The Morgan fingerprint density at radius 1 is 1.26 bits per heavy atom. The monoisotopic (exact) mass is 330 g/mol. The number of carbonyl (C=O) groups excluding carboxylic acids is 1. The Hall–Kier alpha value is -1.39. The molecule has 0 fully saturated rings. The highest BCUT2D eigenvalue weighted by atomic mass is 28.3. The average Bonchev–Trinajstić information content (AvgIpc) is 2.47. The molecule has 2 rings (SSSR count). The molecule has 0 amide bonds. The van der Waals surface area contributed by atoms with E-state index in [1.165, 1.54) is 11.6 Å². The van der Waals surface area contributed by atoms with E-state index < -0.39 is 13.7 Å². The largest absolute Gasteiger partial charge is 0.450 e. The Labute approximate surface area is 141 Å². The molecule has 0 N–H and O–H groups in total. The first-order chi connectivity index (χ1) is 10.8. The molecule has 0 aromatic heterocycles. The summed E-state index contributed by atoms with van der Waals surface area (Å²) in [5.74, 6) is 0. The molecule has 1 aliphatic rings. The van der Waals surface area contributed by atoms with Crippen LogP contribution in [0.4, 0.5) is 0 Å². The second-order valence-electron chi connectivity index (χ2n) is 7.71. The highest BCUT2D eigenvalue weighted by Gasteiger charge is 2.30. The molecule has 1 aliphatic heterocycles. The maximum Gasteiger partial charge on any atom is 0.418 e. The summed E-state index contributed by atoms with van der Waals surface area (Å²) in [5, 5.41) is 1.67. The van der Waals surface area contributed by atoms with E-state index in [1.807, 2.05) is 13.8 Å². The SMILES string of the molecule is CC(C)(CN1CC=C([Si](C)(C)Cc2ccccc2)CC1)O[C]=O. The lowest BCUT2D eigenvalue weighted by Gasteiger charge is -2.36. The van der Waals surface area contributed by atoms with Crippen molar-refractivity contribution >= 4 is 14.5 Å². The van der Waals surface area contributed by atoms with Gasteiger partial charge < -0.3 is 4.74 Å². The molecule has 23 heavy (non-hydrogen) atoms. The average molecular weight is 331 g/mol. The topological polar surface area (TPSA) is 29.5 Å². The van der Waals surface area contributed by atoms with Crippen LogP contribution in [0.2, 0.25) is 13.1 Å². The number of hydrogen-bond donors (Lipinski definition) is 0. The Morgan fingerprint density at radius 3 is 2.52 bits per heavy atom. The Kier molecular flexibility index (Phi) is 5.82. The molecule has 0 spiro atoms.